The van der Waals surface area contributed by atoms with E-state index < -0.39 is 10.0 Å². The fourth-order valence-electron chi connectivity index (χ4n) is 1.95. The van der Waals surface area contributed by atoms with Crippen molar-refractivity contribution in [2.24, 2.45) is 0 Å². The van der Waals surface area contributed by atoms with Gasteiger partial charge in [-0.1, -0.05) is 19.4 Å². The molecule has 1 aromatic carbocycles. The first kappa shape index (κ1) is 17.2. The van der Waals surface area contributed by atoms with Crippen LogP contribution >= 0.6 is 0 Å². The molecule has 2 rings (SSSR count). The van der Waals surface area contributed by atoms with Crippen LogP contribution in [0.25, 0.3) is 0 Å². The van der Waals surface area contributed by atoms with Gasteiger partial charge in [-0.05, 0) is 36.8 Å². The summed E-state index contributed by atoms with van der Waals surface area (Å²) < 4.78 is 32.1. The largest absolute Gasteiger partial charge is 0.468 e. The van der Waals surface area contributed by atoms with Crippen LogP contribution in [0.5, 0.6) is 0 Å². The number of amides is 1. The van der Waals surface area contributed by atoms with Crippen molar-refractivity contribution in [1.82, 2.24) is 10.0 Å². The zero-order valence-corrected chi connectivity index (χ0v) is 13.7. The molecule has 0 spiro atoms. The first-order chi connectivity index (χ1) is 11.0. The zero-order chi connectivity index (χ0) is 16.7. The van der Waals surface area contributed by atoms with E-state index in [9.17, 15) is 13.2 Å². The molecule has 7 heteroatoms. The van der Waals surface area contributed by atoms with Crippen LogP contribution in [0.1, 0.15) is 35.9 Å². The number of benzene rings is 1. The SMILES string of the molecule is CCCCNC(=O)c1cccc(S(=O)(=O)NCc2ccco2)c1. The maximum absolute atomic E-state index is 12.3. The average Bonchev–Trinajstić information content (AvgIpc) is 3.07. The second kappa shape index (κ2) is 7.94. The molecule has 0 saturated carbocycles. The summed E-state index contributed by atoms with van der Waals surface area (Å²) in [6.07, 6.45) is 3.34. The van der Waals surface area contributed by atoms with Crippen LogP contribution in [0.3, 0.4) is 0 Å². The van der Waals surface area contributed by atoms with Crippen molar-refractivity contribution in [2.75, 3.05) is 6.54 Å². The molecule has 1 amide bonds. The molecule has 6 nitrogen and oxygen atoms in total. The Morgan fingerprint density at radius 3 is 2.74 bits per heavy atom. The number of unbranched alkanes of at least 4 members (excludes halogenated alkanes) is 1. The molecular weight excluding hydrogens is 316 g/mol. The van der Waals surface area contributed by atoms with Gasteiger partial charge in [0.1, 0.15) is 5.76 Å². The number of carbonyl (C=O) groups is 1. The van der Waals surface area contributed by atoms with Gasteiger partial charge in [0.05, 0.1) is 17.7 Å². The Kier molecular flexibility index (Phi) is 5.95. The lowest BCUT2D eigenvalue weighted by molar-refractivity contribution is 0.0953. The van der Waals surface area contributed by atoms with Crippen molar-refractivity contribution < 1.29 is 17.6 Å². The minimum absolute atomic E-state index is 0.0483. The molecule has 1 aromatic heterocycles. The zero-order valence-electron chi connectivity index (χ0n) is 12.9. The van der Waals surface area contributed by atoms with Crippen LogP contribution in [0, 0.1) is 0 Å². The monoisotopic (exact) mass is 336 g/mol. The number of sulfonamides is 1. The molecule has 23 heavy (non-hydrogen) atoms. The molecule has 2 aromatic rings. The van der Waals surface area contributed by atoms with Crippen LogP contribution in [0.15, 0.2) is 52.0 Å². The highest BCUT2D eigenvalue weighted by Gasteiger charge is 2.16. The lowest BCUT2D eigenvalue weighted by Gasteiger charge is -2.08. The summed E-state index contributed by atoms with van der Waals surface area (Å²) in [5.41, 5.74) is 0.321. The molecule has 124 valence electrons. The Hall–Kier alpha value is -2.12. The number of hydrogen-bond acceptors (Lipinski definition) is 4. The Labute approximate surface area is 135 Å². The van der Waals surface area contributed by atoms with Crippen molar-refractivity contribution >= 4 is 15.9 Å². The summed E-state index contributed by atoms with van der Waals surface area (Å²) >= 11 is 0. The summed E-state index contributed by atoms with van der Waals surface area (Å²) in [5.74, 6) is 0.239. The van der Waals surface area contributed by atoms with E-state index >= 15 is 0 Å². The maximum Gasteiger partial charge on any atom is 0.251 e. The second-order valence-electron chi connectivity index (χ2n) is 5.04. The number of rotatable bonds is 8. The van der Waals surface area contributed by atoms with Gasteiger partial charge in [0.15, 0.2) is 0 Å². The van der Waals surface area contributed by atoms with Crippen LogP contribution in [-0.4, -0.2) is 20.9 Å². The van der Waals surface area contributed by atoms with E-state index in [1.165, 1.54) is 18.4 Å². The molecule has 0 aliphatic carbocycles. The van der Waals surface area contributed by atoms with E-state index in [-0.39, 0.29) is 17.3 Å². The summed E-state index contributed by atoms with van der Waals surface area (Å²) in [6.45, 7) is 2.66. The molecule has 0 bridgehead atoms. The molecule has 2 N–H and O–H groups in total. The number of nitrogens with one attached hydrogen (secondary N) is 2. The van der Waals surface area contributed by atoms with Crippen LogP contribution in [0.2, 0.25) is 0 Å². The molecular formula is C16H20N2O4S. The summed E-state index contributed by atoms with van der Waals surface area (Å²) in [6, 6.07) is 9.33. The predicted molar refractivity (Wildman–Crippen MR) is 86.4 cm³/mol. The number of carbonyl (C=O) groups excluding carboxylic acids is 1. The highest BCUT2D eigenvalue weighted by Crippen LogP contribution is 2.12. The quantitative estimate of drug-likeness (QED) is 0.724. The second-order valence-corrected chi connectivity index (χ2v) is 6.81. The summed E-state index contributed by atoms with van der Waals surface area (Å²) in [7, 11) is -3.71. The van der Waals surface area contributed by atoms with Gasteiger partial charge < -0.3 is 9.73 Å². The third-order valence-corrected chi connectivity index (χ3v) is 4.64. The minimum Gasteiger partial charge on any atom is -0.468 e. The third-order valence-electron chi connectivity index (χ3n) is 3.24. The molecule has 0 fully saturated rings. The van der Waals surface area contributed by atoms with Gasteiger partial charge in [-0.2, -0.15) is 0 Å². The molecule has 0 unspecified atom stereocenters. The van der Waals surface area contributed by atoms with Crippen LogP contribution in [-0.2, 0) is 16.6 Å². The van der Waals surface area contributed by atoms with Crippen LogP contribution in [0.4, 0.5) is 0 Å². The van der Waals surface area contributed by atoms with E-state index in [2.05, 4.69) is 10.0 Å². The van der Waals surface area contributed by atoms with Gasteiger partial charge in [0.2, 0.25) is 10.0 Å². The smallest absolute Gasteiger partial charge is 0.251 e. The van der Waals surface area contributed by atoms with E-state index in [1.54, 1.807) is 24.3 Å². The van der Waals surface area contributed by atoms with Gasteiger partial charge in [0, 0.05) is 12.1 Å². The summed E-state index contributed by atoms with van der Waals surface area (Å²) in [5, 5.41) is 2.76. The van der Waals surface area contributed by atoms with Gasteiger partial charge in [0.25, 0.3) is 5.91 Å². The van der Waals surface area contributed by atoms with Gasteiger partial charge in [-0.3, -0.25) is 4.79 Å². The normalized spacial score (nSPS) is 11.3. The Balaban J connectivity index is 2.06. The van der Waals surface area contributed by atoms with E-state index in [0.717, 1.165) is 12.8 Å². The fraction of sp³-hybridized carbons (Fsp3) is 0.312. The molecule has 0 atom stereocenters. The Morgan fingerprint density at radius 2 is 2.04 bits per heavy atom. The highest BCUT2D eigenvalue weighted by molar-refractivity contribution is 7.89. The van der Waals surface area contributed by atoms with Crippen LogP contribution < -0.4 is 10.0 Å². The third kappa shape index (κ3) is 4.94. The number of hydrogen-bond donors (Lipinski definition) is 2. The first-order valence-corrected chi connectivity index (χ1v) is 8.91. The predicted octanol–water partition coefficient (Wildman–Crippen LogP) is 2.29. The topological polar surface area (TPSA) is 88.4 Å². The Bertz CT molecular complexity index is 739. The van der Waals surface area contributed by atoms with E-state index in [1.807, 2.05) is 6.92 Å². The van der Waals surface area contributed by atoms with Gasteiger partial charge in [-0.15, -0.1) is 0 Å². The molecule has 0 radical (unpaired) electrons. The maximum atomic E-state index is 12.3. The molecule has 0 aliphatic heterocycles. The molecule has 1 heterocycles. The van der Waals surface area contributed by atoms with Crippen molar-refractivity contribution in [3.8, 4) is 0 Å². The average molecular weight is 336 g/mol. The van der Waals surface area contributed by atoms with Gasteiger partial charge in [-0.25, -0.2) is 13.1 Å². The van der Waals surface area contributed by atoms with E-state index in [4.69, 9.17) is 4.42 Å². The first-order valence-electron chi connectivity index (χ1n) is 7.43. The van der Waals surface area contributed by atoms with Gasteiger partial charge >= 0.3 is 0 Å². The van der Waals surface area contributed by atoms with Crippen molar-refractivity contribution in [1.29, 1.82) is 0 Å². The highest BCUT2D eigenvalue weighted by atomic mass is 32.2. The minimum atomic E-state index is -3.71. The Morgan fingerprint density at radius 1 is 1.22 bits per heavy atom. The lowest BCUT2D eigenvalue weighted by Crippen LogP contribution is -2.26. The number of furan rings is 1. The standard InChI is InChI=1S/C16H20N2O4S/c1-2-3-9-17-16(19)13-6-4-8-15(11-13)23(20,21)18-12-14-7-5-10-22-14/h4-8,10-11,18H,2-3,9,12H2,1H3,(H,17,19). The van der Waals surface area contributed by atoms with E-state index in [0.29, 0.717) is 17.9 Å². The summed E-state index contributed by atoms with van der Waals surface area (Å²) in [4.78, 5) is 12.1. The van der Waals surface area contributed by atoms with Crippen molar-refractivity contribution in [3.05, 3.63) is 54.0 Å². The fourth-order valence-corrected chi connectivity index (χ4v) is 2.99. The van der Waals surface area contributed by atoms with Crippen molar-refractivity contribution in [2.45, 2.75) is 31.2 Å². The molecule has 0 aliphatic rings. The lowest BCUT2D eigenvalue weighted by atomic mass is 10.2. The molecule has 0 saturated heterocycles. The van der Waals surface area contributed by atoms with Crippen molar-refractivity contribution in [3.63, 3.8) is 0 Å².